The third kappa shape index (κ3) is 9.87. The van der Waals surface area contributed by atoms with Crippen molar-refractivity contribution in [1.29, 1.82) is 0 Å². The lowest BCUT2D eigenvalue weighted by Gasteiger charge is -2.37. The van der Waals surface area contributed by atoms with Gasteiger partial charge in [0, 0.05) is 36.8 Å². The van der Waals surface area contributed by atoms with Crippen LogP contribution in [0, 0.1) is 5.92 Å². The molecule has 2 N–H and O–H groups in total. The van der Waals surface area contributed by atoms with E-state index in [0.29, 0.717) is 35.8 Å². The Hall–Kier alpha value is -2.26. The molecule has 0 saturated carbocycles. The van der Waals surface area contributed by atoms with E-state index in [4.69, 9.17) is 14.6 Å². The normalized spacial score (nSPS) is 19.7. The molecule has 2 fully saturated rings. The molecule has 1 unspecified atom stereocenters. The minimum absolute atomic E-state index is 0.262. The molecule has 238 valence electrons. The highest BCUT2D eigenvalue weighted by molar-refractivity contribution is 9.10. The van der Waals surface area contributed by atoms with Crippen molar-refractivity contribution in [3.05, 3.63) is 51.6 Å². The molecular weight excluding hydrogens is 653 g/mol. The van der Waals surface area contributed by atoms with Crippen LogP contribution in [-0.2, 0) is 39.0 Å². The Morgan fingerprint density at radius 2 is 1.86 bits per heavy atom. The number of carboxylic acid groups (broad SMARTS) is 1. The molecule has 3 aliphatic rings. The summed E-state index contributed by atoms with van der Waals surface area (Å²) in [6.45, 7) is 6.93. The summed E-state index contributed by atoms with van der Waals surface area (Å²) in [5.74, 6) is -1.64. The molecule has 0 radical (unpaired) electrons. The lowest BCUT2D eigenvalue weighted by molar-refractivity contribution is -0.192. The van der Waals surface area contributed by atoms with Gasteiger partial charge in [0.2, 0.25) is 10.0 Å². The number of likely N-dealkylation sites (tertiary alicyclic amines) is 1. The first-order valence-electron chi connectivity index (χ1n) is 14.5. The number of hydrogen-bond donors (Lipinski definition) is 2. The fourth-order valence-electron chi connectivity index (χ4n) is 5.74. The average Bonchev–Trinajstić information content (AvgIpc) is 2.97. The van der Waals surface area contributed by atoms with Gasteiger partial charge < -0.3 is 19.6 Å². The maximum Gasteiger partial charge on any atom is 0.490 e. The van der Waals surface area contributed by atoms with Gasteiger partial charge in [-0.3, -0.25) is 0 Å². The van der Waals surface area contributed by atoms with Gasteiger partial charge in [-0.15, -0.1) is 0 Å². The van der Waals surface area contributed by atoms with Crippen molar-refractivity contribution in [2.45, 2.75) is 62.6 Å². The van der Waals surface area contributed by atoms with Crippen LogP contribution in [0.2, 0.25) is 0 Å². The van der Waals surface area contributed by atoms with Crippen molar-refractivity contribution in [3.63, 3.8) is 0 Å². The maximum atomic E-state index is 13.4. The van der Waals surface area contributed by atoms with Gasteiger partial charge in [0.1, 0.15) is 10.7 Å². The first-order chi connectivity index (χ1) is 20.4. The van der Waals surface area contributed by atoms with Crippen LogP contribution in [-0.4, -0.2) is 81.4 Å². The van der Waals surface area contributed by atoms with Crippen LogP contribution in [0.1, 0.15) is 48.8 Å². The molecule has 1 aromatic carbocycles. The number of piperidine rings is 2. The van der Waals surface area contributed by atoms with E-state index in [1.54, 1.807) is 12.3 Å². The van der Waals surface area contributed by atoms with Gasteiger partial charge in [-0.1, -0.05) is 24.6 Å². The molecule has 3 aliphatic heterocycles. The summed E-state index contributed by atoms with van der Waals surface area (Å²) in [5, 5.41) is 7.12. The molecule has 4 heterocycles. The summed E-state index contributed by atoms with van der Waals surface area (Å²) < 4.78 is 67.7. The summed E-state index contributed by atoms with van der Waals surface area (Å²) in [7, 11) is -3.71. The van der Waals surface area contributed by atoms with Gasteiger partial charge in [-0.2, -0.15) is 13.2 Å². The highest BCUT2D eigenvalue weighted by Crippen LogP contribution is 2.30. The maximum absolute atomic E-state index is 13.4. The highest BCUT2D eigenvalue weighted by Gasteiger charge is 2.38. The summed E-state index contributed by atoms with van der Waals surface area (Å²) in [5.41, 5.74) is 3.68. The van der Waals surface area contributed by atoms with Gasteiger partial charge in [0.15, 0.2) is 0 Å². The molecule has 14 heteroatoms. The monoisotopic (exact) mass is 690 g/mol. The number of alkyl halides is 3. The van der Waals surface area contributed by atoms with Crippen molar-refractivity contribution in [3.8, 4) is 0 Å². The molecule has 9 nitrogen and oxygen atoms in total. The summed E-state index contributed by atoms with van der Waals surface area (Å²) >= 11 is 3.44. The predicted octanol–water partition coefficient (Wildman–Crippen LogP) is 4.77. The lowest BCUT2D eigenvalue weighted by atomic mass is 9.96. The number of nitrogens with zero attached hydrogens (tertiary/aromatic N) is 3. The minimum atomic E-state index is -5.08. The van der Waals surface area contributed by atoms with E-state index in [9.17, 15) is 21.6 Å². The molecule has 43 heavy (non-hydrogen) atoms. The number of hydrogen-bond acceptors (Lipinski definition) is 7. The first kappa shape index (κ1) is 33.6. The lowest BCUT2D eigenvalue weighted by Crippen LogP contribution is -2.43. The number of ether oxygens (including phenoxy) is 1. The summed E-state index contributed by atoms with van der Waals surface area (Å²) in [6, 6.07) is 8.06. The van der Waals surface area contributed by atoms with E-state index < -0.39 is 22.2 Å². The van der Waals surface area contributed by atoms with Crippen LogP contribution >= 0.6 is 15.9 Å². The molecule has 0 aliphatic carbocycles. The van der Waals surface area contributed by atoms with E-state index >= 15 is 0 Å². The van der Waals surface area contributed by atoms with Crippen LogP contribution in [0.5, 0.6) is 0 Å². The summed E-state index contributed by atoms with van der Waals surface area (Å²) in [4.78, 5) is 18.5. The van der Waals surface area contributed by atoms with E-state index in [1.807, 2.05) is 0 Å². The molecule has 1 atom stereocenters. The van der Waals surface area contributed by atoms with Crippen molar-refractivity contribution in [2.75, 3.05) is 50.8 Å². The second-order valence-electron chi connectivity index (χ2n) is 11.1. The number of rotatable bonds is 8. The number of aromatic nitrogens is 1. The fourth-order valence-corrected chi connectivity index (χ4v) is 7.46. The molecule has 2 saturated heterocycles. The van der Waals surface area contributed by atoms with Gasteiger partial charge in [-0.05, 0) is 96.2 Å². The molecule has 1 aromatic heterocycles. The summed E-state index contributed by atoms with van der Waals surface area (Å²) in [6.07, 6.45) is 4.36. The Morgan fingerprint density at radius 3 is 2.58 bits per heavy atom. The van der Waals surface area contributed by atoms with Gasteiger partial charge in [0.25, 0.3) is 0 Å². The zero-order valence-electron chi connectivity index (χ0n) is 23.9. The molecule has 0 spiro atoms. The van der Waals surface area contributed by atoms with Crippen LogP contribution < -0.4 is 9.62 Å². The number of anilines is 1. The third-order valence-corrected chi connectivity index (χ3v) is 9.76. The number of sulfonamides is 1. The molecule has 2 aromatic rings. The SMILES string of the molecule is O=C(O)C(F)(F)F.O=S(=O)(NCCc1ccc2c(c1)CCOC2)c1cc(Br)cnc1N1CCCC(CN2CCCCC2)C1. The second-order valence-corrected chi connectivity index (χ2v) is 13.8. The van der Waals surface area contributed by atoms with E-state index in [2.05, 4.69) is 53.6 Å². The Kier molecular flexibility index (Phi) is 11.8. The largest absolute Gasteiger partial charge is 0.490 e. The molecular formula is C29H38BrF3N4O5S. The smallest absolute Gasteiger partial charge is 0.475 e. The van der Waals surface area contributed by atoms with Crippen molar-refractivity contribution < 1.29 is 36.2 Å². The fraction of sp³-hybridized carbons (Fsp3) is 0.586. The Bertz CT molecular complexity index is 1360. The van der Waals surface area contributed by atoms with Crippen LogP contribution in [0.3, 0.4) is 0 Å². The Balaban J connectivity index is 0.000000541. The van der Waals surface area contributed by atoms with E-state index in [-0.39, 0.29) is 4.90 Å². The van der Waals surface area contributed by atoms with Crippen LogP contribution in [0.15, 0.2) is 39.8 Å². The molecule has 0 bridgehead atoms. The van der Waals surface area contributed by atoms with Crippen LogP contribution in [0.25, 0.3) is 0 Å². The number of carbonyl (C=O) groups is 1. The predicted molar refractivity (Wildman–Crippen MR) is 160 cm³/mol. The third-order valence-electron chi connectivity index (χ3n) is 7.86. The quantitative estimate of drug-likeness (QED) is 0.408. The number of pyridine rings is 1. The topological polar surface area (TPSA) is 112 Å². The second kappa shape index (κ2) is 15.2. The van der Waals surface area contributed by atoms with Crippen molar-refractivity contribution in [2.24, 2.45) is 5.92 Å². The first-order valence-corrected chi connectivity index (χ1v) is 16.8. The number of fused-ring (bicyclic) bond motifs is 1. The number of aliphatic carboxylic acids is 1. The minimum Gasteiger partial charge on any atom is -0.475 e. The molecule has 0 amide bonds. The molecule has 5 rings (SSSR count). The van der Waals surface area contributed by atoms with Crippen molar-refractivity contribution >= 4 is 37.7 Å². The van der Waals surface area contributed by atoms with E-state index in [1.165, 1.54) is 49.9 Å². The van der Waals surface area contributed by atoms with Gasteiger partial charge in [0.05, 0.1) is 13.2 Å². The number of benzene rings is 1. The Labute approximate surface area is 259 Å². The van der Waals surface area contributed by atoms with Gasteiger partial charge in [-0.25, -0.2) is 22.9 Å². The standard InChI is InChI=1S/C27H37BrN4O3S.C2HF3O2/c28-25-16-26(36(33,34)30-10-8-21-6-7-24-20-35-14-9-23(24)15-21)27(29-17-25)32-13-4-5-22(19-32)18-31-11-2-1-3-12-31;3-2(4,5)1(6)7/h6-7,15-17,22,30H,1-5,8-14,18-20H2;(H,6,7). The highest BCUT2D eigenvalue weighted by atomic mass is 79.9. The van der Waals surface area contributed by atoms with Crippen LogP contribution in [0.4, 0.5) is 19.0 Å². The zero-order valence-corrected chi connectivity index (χ0v) is 26.3. The number of carboxylic acids is 1. The average molecular weight is 692 g/mol. The Morgan fingerprint density at radius 1 is 1.12 bits per heavy atom. The van der Waals surface area contributed by atoms with Crippen molar-refractivity contribution in [1.82, 2.24) is 14.6 Å². The van der Waals surface area contributed by atoms with Gasteiger partial charge >= 0.3 is 12.1 Å². The van der Waals surface area contributed by atoms with E-state index in [0.717, 1.165) is 44.6 Å². The zero-order chi connectivity index (χ0) is 31.0. The number of nitrogens with one attached hydrogen (secondary N) is 1. The number of halogens is 4.